The van der Waals surface area contributed by atoms with Crippen LogP contribution in [0, 0.1) is 0 Å². The standard InChI is InChI=1S/C15H21Cl2N3O3S.ClH/c1-23-12-2-3-13(15(17)14(12)16)24(21,22)20-7-4-11(10-20)19-8-5-18-6-9-19;/h2-3,11,18H,4-10H2,1H3;1H. The molecule has 2 heterocycles. The van der Waals surface area contributed by atoms with Crippen LogP contribution in [0.5, 0.6) is 5.75 Å². The highest BCUT2D eigenvalue weighted by molar-refractivity contribution is 7.89. The molecule has 6 nitrogen and oxygen atoms in total. The van der Waals surface area contributed by atoms with Crippen LogP contribution in [0.25, 0.3) is 0 Å². The number of hydrogen-bond donors (Lipinski definition) is 1. The van der Waals surface area contributed by atoms with Crippen molar-refractivity contribution in [3.63, 3.8) is 0 Å². The summed E-state index contributed by atoms with van der Waals surface area (Å²) < 4.78 is 32.5. The lowest BCUT2D eigenvalue weighted by Gasteiger charge is -2.32. The number of hydrogen-bond acceptors (Lipinski definition) is 5. The van der Waals surface area contributed by atoms with Crippen molar-refractivity contribution in [1.29, 1.82) is 0 Å². The lowest BCUT2D eigenvalue weighted by molar-refractivity contribution is 0.179. The van der Waals surface area contributed by atoms with Gasteiger partial charge >= 0.3 is 0 Å². The number of benzene rings is 1. The van der Waals surface area contributed by atoms with E-state index in [4.69, 9.17) is 27.9 Å². The van der Waals surface area contributed by atoms with Crippen molar-refractivity contribution in [3.8, 4) is 5.75 Å². The summed E-state index contributed by atoms with van der Waals surface area (Å²) in [6.45, 7) is 4.78. The third kappa shape index (κ3) is 4.18. The number of rotatable bonds is 4. The molecule has 10 heteroatoms. The van der Waals surface area contributed by atoms with Crippen molar-refractivity contribution < 1.29 is 13.2 Å². The van der Waals surface area contributed by atoms with E-state index in [0.717, 1.165) is 32.6 Å². The van der Waals surface area contributed by atoms with E-state index >= 15 is 0 Å². The average Bonchev–Trinajstić information content (AvgIpc) is 3.09. The Morgan fingerprint density at radius 3 is 2.48 bits per heavy atom. The number of piperazine rings is 1. The Morgan fingerprint density at radius 1 is 1.16 bits per heavy atom. The van der Waals surface area contributed by atoms with Crippen molar-refractivity contribution in [2.75, 3.05) is 46.4 Å². The summed E-state index contributed by atoms with van der Waals surface area (Å²) in [5.74, 6) is 0.362. The van der Waals surface area contributed by atoms with E-state index < -0.39 is 10.0 Å². The lowest BCUT2D eigenvalue weighted by Crippen LogP contribution is -2.49. The minimum atomic E-state index is -3.67. The number of nitrogens with one attached hydrogen (secondary N) is 1. The maximum atomic E-state index is 12.9. The summed E-state index contributed by atoms with van der Waals surface area (Å²) in [4.78, 5) is 2.39. The molecule has 1 atom stereocenters. The number of methoxy groups -OCH3 is 1. The van der Waals surface area contributed by atoms with Gasteiger partial charge in [-0.25, -0.2) is 8.42 Å². The van der Waals surface area contributed by atoms with Crippen LogP contribution in [0.3, 0.4) is 0 Å². The molecule has 0 saturated carbocycles. The van der Waals surface area contributed by atoms with Crippen LogP contribution in [-0.4, -0.2) is 70.0 Å². The van der Waals surface area contributed by atoms with E-state index in [-0.39, 0.29) is 33.4 Å². The molecular formula is C15H22Cl3N3O3S. The van der Waals surface area contributed by atoms with Gasteiger partial charge in [0.2, 0.25) is 10.0 Å². The summed E-state index contributed by atoms with van der Waals surface area (Å²) in [5, 5.41) is 3.45. The van der Waals surface area contributed by atoms with Gasteiger partial charge in [-0.3, -0.25) is 4.90 Å². The molecule has 2 aliphatic rings. The second kappa shape index (κ2) is 8.61. The predicted octanol–water partition coefficient (Wildman–Crippen LogP) is 2.09. The zero-order valence-corrected chi connectivity index (χ0v) is 17.0. The second-order valence-corrected chi connectivity index (χ2v) is 8.65. The molecule has 142 valence electrons. The van der Waals surface area contributed by atoms with Gasteiger partial charge in [-0.05, 0) is 18.6 Å². The third-order valence-electron chi connectivity index (χ3n) is 4.64. The molecule has 0 spiro atoms. The predicted molar refractivity (Wildman–Crippen MR) is 102 cm³/mol. The summed E-state index contributed by atoms with van der Waals surface area (Å²) in [5.41, 5.74) is 0. The van der Waals surface area contributed by atoms with Gasteiger partial charge in [-0.1, -0.05) is 23.2 Å². The summed E-state index contributed by atoms with van der Waals surface area (Å²) in [6, 6.07) is 3.25. The van der Waals surface area contributed by atoms with Gasteiger partial charge in [-0.15, -0.1) is 12.4 Å². The van der Waals surface area contributed by atoms with E-state index in [9.17, 15) is 8.42 Å². The highest BCUT2D eigenvalue weighted by atomic mass is 35.5. The fourth-order valence-corrected chi connectivity index (χ4v) is 5.59. The topological polar surface area (TPSA) is 61.9 Å². The Bertz CT molecular complexity index is 711. The van der Waals surface area contributed by atoms with E-state index in [1.54, 1.807) is 0 Å². The molecule has 2 saturated heterocycles. The SMILES string of the molecule is COc1ccc(S(=O)(=O)N2CCC(N3CCNCC3)C2)c(Cl)c1Cl.Cl. The molecule has 2 fully saturated rings. The number of ether oxygens (including phenoxy) is 1. The normalized spacial score (nSPS) is 22.6. The molecule has 0 aliphatic carbocycles. The van der Waals surface area contributed by atoms with Crippen molar-refractivity contribution in [2.24, 2.45) is 0 Å². The van der Waals surface area contributed by atoms with Crippen LogP contribution in [0.15, 0.2) is 17.0 Å². The van der Waals surface area contributed by atoms with Gasteiger partial charge in [0.1, 0.15) is 15.7 Å². The Morgan fingerprint density at radius 2 is 1.84 bits per heavy atom. The monoisotopic (exact) mass is 429 g/mol. The molecule has 1 unspecified atom stereocenters. The van der Waals surface area contributed by atoms with Crippen molar-refractivity contribution in [1.82, 2.24) is 14.5 Å². The first-order valence-electron chi connectivity index (χ1n) is 7.92. The first-order chi connectivity index (χ1) is 11.4. The third-order valence-corrected chi connectivity index (χ3v) is 7.53. The summed E-state index contributed by atoms with van der Waals surface area (Å²) >= 11 is 12.3. The zero-order valence-electron chi connectivity index (χ0n) is 13.9. The van der Waals surface area contributed by atoms with E-state index in [1.165, 1.54) is 23.5 Å². The molecule has 2 aliphatic heterocycles. The van der Waals surface area contributed by atoms with Gasteiger partial charge in [0.25, 0.3) is 0 Å². The molecule has 25 heavy (non-hydrogen) atoms. The average molecular weight is 431 g/mol. The number of halogens is 3. The maximum absolute atomic E-state index is 12.9. The highest BCUT2D eigenvalue weighted by Crippen LogP contribution is 2.38. The Balaban J connectivity index is 0.00000225. The second-order valence-electron chi connectivity index (χ2n) is 5.99. The summed E-state index contributed by atoms with van der Waals surface area (Å²) in [6.07, 6.45) is 0.834. The first kappa shape index (κ1) is 21.0. The molecule has 1 aromatic carbocycles. The van der Waals surface area contributed by atoms with Crippen molar-refractivity contribution >= 4 is 45.6 Å². The van der Waals surface area contributed by atoms with E-state index in [1.807, 2.05) is 0 Å². The Hall–Kier alpha value is -0.280. The number of nitrogens with zero attached hydrogens (tertiary/aromatic N) is 2. The largest absolute Gasteiger partial charge is 0.495 e. The summed E-state index contributed by atoms with van der Waals surface area (Å²) in [7, 11) is -2.21. The fourth-order valence-electron chi connectivity index (χ4n) is 3.28. The van der Waals surface area contributed by atoms with Crippen LogP contribution < -0.4 is 10.1 Å². The first-order valence-corrected chi connectivity index (χ1v) is 10.1. The molecule has 1 N–H and O–H groups in total. The molecule has 1 aromatic rings. The lowest BCUT2D eigenvalue weighted by atomic mass is 10.2. The van der Waals surface area contributed by atoms with Crippen LogP contribution >= 0.6 is 35.6 Å². The minimum absolute atomic E-state index is 0. The van der Waals surface area contributed by atoms with Crippen LogP contribution in [0.4, 0.5) is 0 Å². The van der Waals surface area contributed by atoms with Crippen LogP contribution in [0.1, 0.15) is 6.42 Å². The molecule has 3 rings (SSSR count). The molecule has 0 amide bonds. The van der Waals surface area contributed by atoms with Gasteiger partial charge in [0.05, 0.1) is 12.1 Å². The molecular weight excluding hydrogens is 409 g/mol. The van der Waals surface area contributed by atoms with Crippen LogP contribution in [-0.2, 0) is 10.0 Å². The zero-order chi connectivity index (χ0) is 17.3. The maximum Gasteiger partial charge on any atom is 0.244 e. The smallest absolute Gasteiger partial charge is 0.244 e. The van der Waals surface area contributed by atoms with Gasteiger partial charge in [0, 0.05) is 45.3 Å². The Labute approximate surface area is 164 Å². The quantitative estimate of drug-likeness (QED) is 0.792. The van der Waals surface area contributed by atoms with Gasteiger partial charge in [0.15, 0.2) is 0 Å². The molecule has 0 bridgehead atoms. The van der Waals surface area contributed by atoms with E-state index in [2.05, 4.69) is 10.2 Å². The number of sulfonamides is 1. The van der Waals surface area contributed by atoms with Gasteiger partial charge < -0.3 is 10.1 Å². The van der Waals surface area contributed by atoms with Crippen LogP contribution in [0.2, 0.25) is 10.0 Å². The van der Waals surface area contributed by atoms with Crippen molar-refractivity contribution in [2.45, 2.75) is 17.4 Å². The van der Waals surface area contributed by atoms with Gasteiger partial charge in [-0.2, -0.15) is 4.31 Å². The highest BCUT2D eigenvalue weighted by Gasteiger charge is 2.37. The molecule has 0 aromatic heterocycles. The Kier molecular flexibility index (Phi) is 7.24. The fraction of sp³-hybridized carbons (Fsp3) is 0.600. The van der Waals surface area contributed by atoms with Crippen molar-refractivity contribution in [3.05, 3.63) is 22.2 Å². The van der Waals surface area contributed by atoms with E-state index in [0.29, 0.717) is 18.8 Å². The minimum Gasteiger partial charge on any atom is -0.495 e. The molecule has 0 radical (unpaired) electrons.